The fourth-order valence-corrected chi connectivity index (χ4v) is 5.31. The number of nitrogens with one attached hydrogen (secondary N) is 5. The standard InChI is InChI=1S/C32H51N6O14P/c1-7-16(4)24(33)30(45)38-26(18(6)52-53(49,50)51)31(46)36-22(14-19-8-10-20(39)11-9-19)29(44)34-17(5)27(42)35-21(12-13-23(40)41)28(43)37-25(15(2)3)32(47)48/h8-11,15-18,21-22,24-26,39H,7,12-14,33H2,1-6H3,(H,34,44)(H,35,42)(H,36,46)(H,37,43)(H,38,45)(H,40,41)(H,47,48)(H2,49,50,51)/t16-,17-,18+,21-,22-,24-,25-,26-/m0/s1. The van der Waals surface area contributed by atoms with Crippen molar-refractivity contribution in [1.82, 2.24) is 26.6 Å². The van der Waals surface area contributed by atoms with E-state index in [1.807, 2.05) is 0 Å². The Hall–Kier alpha value is -4.62. The van der Waals surface area contributed by atoms with Gasteiger partial charge < -0.3 is 57.4 Å². The maximum absolute atomic E-state index is 13.6. The van der Waals surface area contributed by atoms with Crippen LogP contribution in [0.5, 0.6) is 5.75 Å². The number of carbonyl (C=O) groups is 7. The second kappa shape index (κ2) is 21.2. The summed E-state index contributed by atoms with van der Waals surface area (Å²) in [5.74, 6) is -8.64. The molecule has 0 spiro atoms. The lowest BCUT2D eigenvalue weighted by atomic mass is 9.98. The lowest BCUT2D eigenvalue weighted by Gasteiger charge is -2.29. The minimum absolute atomic E-state index is 0.113. The number of carboxylic acid groups (broad SMARTS) is 2. The van der Waals surface area contributed by atoms with E-state index in [0.717, 1.165) is 6.92 Å². The number of hydrogen-bond acceptors (Lipinski definition) is 11. The zero-order valence-corrected chi connectivity index (χ0v) is 31.2. The van der Waals surface area contributed by atoms with E-state index in [-0.39, 0.29) is 18.1 Å². The molecule has 5 amide bonds. The van der Waals surface area contributed by atoms with E-state index in [0.29, 0.717) is 12.0 Å². The molecule has 1 aromatic carbocycles. The Labute approximate surface area is 306 Å². The summed E-state index contributed by atoms with van der Waals surface area (Å²) in [4.78, 5) is 108. The first kappa shape index (κ1) is 46.4. The van der Waals surface area contributed by atoms with Gasteiger partial charge in [-0.3, -0.25) is 33.3 Å². The molecule has 0 fully saturated rings. The average molecular weight is 775 g/mol. The van der Waals surface area contributed by atoms with E-state index in [1.54, 1.807) is 13.8 Å². The Morgan fingerprint density at radius 2 is 1.28 bits per heavy atom. The quantitative estimate of drug-likeness (QED) is 0.0620. The van der Waals surface area contributed by atoms with Crippen LogP contribution in [0.3, 0.4) is 0 Å². The SMILES string of the molecule is CC[C@H](C)[C@H](N)C(=O)N[C@H](C(=O)N[C@@H](Cc1ccc(O)cc1)C(=O)N[C@@H](C)C(=O)N[C@@H](CCC(=O)O)C(=O)N[C@H](C(=O)O)C(C)C)[C@@H](C)OP(=O)(O)O. The van der Waals surface area contributed by atoms with E-state index >= 15 is 0 Å². The van der Waals surface area contributed by atoms with E-state index in [9.17, 15) is 58.1 Å². The molecular weight excluding hydrogens is 723 g/mol. The van der Waals surface area contributed by atoms with Gasteiger partial charge in [0.05, 0.1) is 12.1 Å². The molecule has 1 aromatic rings. The highest BCUT2D eigenvalue weighted by Gasteiger charge is 2.37. The molecule has 1 rings (SSSR count). The summed E-state index contributed by atoms with van der Waals surface area (Å²) in [5, 5.41) is 40.0. The second-order valence-corrected chi connectivity index (χ2v) is 14.1. The van der Waals surface area contributed by atoms with Gasteiger partial charge in [0.25, 0.3) is 0 Å². The largest absolute Gasteiger partial charge is 0.508 e. The number of aromatic hydroxyl groups is 1. The number of rotatable bonds is 22. The van der Waals surface area contributed by atoms with Crippen LogP contribution >= 0.6 is 7.82 Å². The fraction of sp³-hybridized carbons (Fsp3) is 0.594. The molecule has 20 nitrogen and oxygen atoms in total. The molecule has 298 valence electrons. The van der Waals surface area contributed by atoms with Gasteiger partial charge >= 0.3 is 19.8 Å². The number of aliphatic carboxylic acids is 2. The number of phosphoric ester groups is 1. The Morgan fingerprint density at radius 1 is 0.755 bits per heavy atom. The number of hydrogen-bond donors (Lipinski definition) is 11. The van der Waals surface area contributed by atoms with Crippen molar-refractivity contribution in [2.75, 3.05) is 0 Å². The smallest absolute Gasteiger partial charge is 0.469 e. The van der Waals surface area contributed by atoms with Crippen LogP contribution < -0.4 is 32.3 Å². The molecule has 0 aliphatic rings. The zero-order chi connectivity index (χ0) is 40.8. The molecule has 0 radical (unpaired) electrons. The molecule has 12 N–H and O–H groups in total. The van der Waals surface area contributed by atoms with Crippen molar-refractivity contribution in [3.8, 4) is 5.75 Å². The van der Waals surface area contributed by atoms with Gasteiger partial charge in [0, 0.05) is 12.8 Å². The number of phenolic OH excluding ortho intramolecular Hbond substituents is 1. The van der Waals surface area contributed by atoms with Crippen molar-refractivity contribution in [1.29, 1.82) is 0 Å². The highest BCUT2D eigenvalue weighted by molar-refractivity contribution is 7.46. The third-order valence-corrected chi connectivity index (χ3v) is 8.79. The van der Waals surface area contributed by atoms with Gasteiger partial charge in [0.2, 0.25) is 29.5 Å². The number of phosphoric acid groups is 1. The Kier molecular flexibility index (Phi) is 18.5. The van der Waals surface area contributed by atoms with Crippen LogP contribution in [0.2, 0.25) is 0 Å². The number of amides is 5. The average Bonchev–Trinajstić information content (AvgIpc) is 3.05. The van der Waals surface area contributed by atoms with Crippen LogP contribution in [-0.2, 0) is 49.1 Å². The van der Waals surface area contributed by atoms with Gasteiger partial charge in [0.1, 0.15) is 36.0 Å². The molecular formula is C32H51N6O14P. The normalized spacial score (nSPS) is 16.0. The summed E-state index contributed by atoms with van der Waals surface area (Å²) < 4.78 is 16.3. The van der Waals surface area contributed by atoms with Crippen LogP contribution in [0.25, 0.3) is 0 Å². The third-order valence-electron chi connectivity index (χ3n) is 8.18. The molecule has 0 aromatic heterocycles. The van der Waals surface area contributed by atoms with E-state index < -0.39 is 110 Å². The second-order valence-electron chi connectivity index (χ2n) is 12.9. The Morgan fingerprint density at radius 3 is 1.77 bits per heavy atom. The lowest BCUT2D eigenvalue weighted by Crippen LogP contribution is -2.61. The molecule has 0 heterocycles. The topological polar surface area (TPSA) is 333 Å². The highest BCUT2D eigenvalue weighted by Crippen LogP contribution is 2.38. The maximum atomic E-state index is 13.6. The van der Waals surface area contributed by atoms with Crippen molar-refractivity contribution < 1.29 is 67.8 Å². The van der Waals surface area contributed by atoms with Crippen LogP contribution in [0, 0.1) is 11.8 Å². The lowest BCUT2D eigenvalue weighted by molar-refractivity contribution is -0.144. The maximum Gasteiger partial charge on any atom is 0.469 e. The van der Waals surface area contributed by atoms with Crippen molar-refractivity contribution in [2.45, 2.75) is 110 Å². The van der Waals surface area contributed by atoms with Crippen molar-refractivity contribution in [3.63, 3.8) is 0 Å². The zero-order valence-electron chi connectivity index (χ0n) is 30.3. The number of benzene rings is 1. The molecule has 0 aliphatic carbocycles. The molecule has 0 aliphatic heterocycles. The van der Waals surface area contributed by atoms with Gasteiger partial charge in [-0.15, -0.1) is 0 Å². The van der Waals surface area contributed by atoms with E-state index in [2.05, 4.69) is 31.1 Å². The van der Waals surface area contributed by atoms with Crippen LogP contribution in [-0.4, -0.2) is 109 Å². The monoisotopic (exact) mass is 774 g/mol. The molecule has 53 heavy (non-hydrogen) atoms. The minimum Gasteiger partial charge on any atom is -0.508 e. The van der Waals surface area contributed by atoms with Crippen LogP contribution in [0.1, 0.15) is 66.4 Å². The fourth-order valence-electron chi connectivity index (χ4n) is 4.75. The molecule has 0 saturated carbocycles. The van der Waals surface area contributed by atoms with Gasteiger partial charge in [0.15, 0.2) is 0 Å². The predicted molar refractivity (Wildman–Crippen MR) is 187 cm³/mol. The first-order valence-corrected chi connectivity index (χ1v) is 18.2. The summed E-state index contributed by atoms with van der Waals surface area (Å²) in [6.07, 6.45) is -2.46. The van der Waals surface area contributed by atoms with Gasteiger partial charge in [-0.2, -0.15) is 0 Å². The molecule has 8 atom stereocenters. The van der Waals surface area contributed by atoms with Gasteiger partial charge in [-0.1, -0.05) is 46.2 Å². The van der Waals surface area contributed by atoms with Crippen molar-refractivity contribution >= 4 is 49.3 Å². The summed E-state index contributed by atoms with van der Waals surface area (Å²) >= 11 is 0. The summed E-state index contributed by atoms with van der Waals surface area (Å²) in [6, 6.07) is -3.34. The number of carbonyl (C=O) groups excluding carboxylic acids is 5. The number of nitrogens with two attached hydrogens (primary N) is 1. The number of phenols is 1. The summed E-state index contributed by atoms with van der Waals surface area (Å²) in [6.45, 7) is 8.79. The minimum atomic E-state index is -5.20. The molecule has 0 bridgehead atoms. The van der Waals surface area contributed by atoms with Gasteiger partial charge in [-0.05, 0) is 49.8 Å². The molecule has 0 saturated heterocycles. The Balaban J connectivity index is 3.38. The van der Waals surface area contributed by atoms with Crippen molar-refractivity contribution in [2.24, 2.45) is 17.6 Å². The van der Waals surface area contributed by atoms with E-state index in [1.165, 1.54) is 45.0 Å². The summed E-state index contributed by atoms with van der Waals surface area (Å²) in [7, 11) is -5.20. The molecule has 0 unspecified atom stereocenters. The Bertz CT molecular complexity index is 1500. The third kappa shape index (κ3) is 16.3. The van der Waals surface area contributed by atoms with Crippen molar-refractivity contribution in [3.05, 3.63) is 29.8 Å². The highest BCUT2D eigenvalue weighted by atomic mass is 31.2. The number of carboxylic acids is 2. The van der Waals surface area contributed by atoms with Crippen LogP contribution in [0.4, 0.5) is 0 Å². The first-order chi connectivity index (χ1) is 24.5. The van der Waals surface area contributed by atoms with E-state index in [4.69, 9.17) is 10.8 Å². The first-order valence-electron chi connectivity index (χ1n) is 16.7. The van der Waals surface area contributed by atoms with Crippen LogP contribution in [0.15, 0.2) is 24.3 Å². The molecule has 21 heteroatoms. The summed E-state index contributed by atoms with van der Waals surface area (Å²) in [5.41, 5.74) is 6.38. The van der Waals surface area contributed by atoms with Gasteiger partial charge in [-0.25, -0.2) is 9.36 Å². The predicted octanol–water partition coefficient (Wildman–Crippen LogP) is -1.14.